The third-order valence-electron chi connectivity index (χ3n) is 5.77. The van der Waals surface area contributed by atoms with Gasteiger partial charge in [0.1, 0.15) is 0 Å². The van der Waals surface area contributed by atoms with Crippen LogP contribution in [0, 0.1) is 17.8 Å². The van der Waals surface area contributed by atoms with Gasteiger partial charge < -0.3 is 19.5 Å². The summed E-state index contributed by atoms with van der Waals surface area (Å²) in [5.74, 6) is 0.655. The number of hydrogen-bond acceptors (Lipinski definition) is 5. The molecule has 2 fully saturated rings. The molecule has 1 aromatic carbocycles. The van der Waals surface area contributed by atoms with Crippen molar-refractivity contribution in [1.82, 2.24) is 5.32 Å². The molecule has 0 heterocycles. The number of nitrogens with one attached hydrogen (secondary N) is 1. The van der Waals surface area contributed by atoms with Crippen LogP contribution in [-0.4, -0.2) is 38.2 Å². The van der Waals surface area contributed by atoms with E-state index < -0.39 is 19.2 Å². The fourth-order valence-electron chi connectivity index (χ4n) is 4.51. The highest BCUT2D eigenvalue weighted by atomic mass is 19.3. The van der Waals surface area contributed by atoms with Crippen molar-refractivity contribution < 1.29 is 32.6 Å². The van der Waals surface area contributed by atoms with Gasteiger partial charge in [-0.15, -0.1) is 0 Å². The quantitative estimate of drug-likeness (QED) is 0.681. The van der Waals surface area contributed by atoms with E-state index in [4.69, 9.17) is 9.47 Å². The van der Waals surface area contributed by atoms with Crippen molar-refractivity contribution in [2.75, 3.05) is 13.7 Å². The second-order valence-corrected chi connectivity index (χ2v) is 7.52. The van der Waals surface area contributed by atoms with Crippen LogP contribution in [0.4, 0.5) is 8.78 Å². The molecule has 2 aliphatic rings. The zero-order valence-corrected chi connectivity index (χ0v) is 16.0. The zero-order chi connectivity index (χ0) is 20.3. The van der Waals surface area contributed by atoms with E-state index in [2.05, 4.69) is 10.1 Å². The normalized spacial score (nSPS) is 24.1. The van der Waals surface area contributed by atoms with Gasteiger partial charge >= 0.3 is 12.6 Å². The van der Waals surface area contributed by atoms with Crippen LogP contribution in [0.15, 0.2) is 18.2 Å². The van der Waals surface area contributed by atoms with E-state index in [0.717, 1.165) is 12.3 Å². The molecule has 2 aliphatic carbocycles. The number of halogens is 2. The number of hydrogen-bond donors (Lipinski definition) is 1. The molecule has 2 bridgehead atoms. The van der Waals surface area contributed by atoms with E-state index in [0.29, 0.717) is 11.8 Å². The molecular weight excluding hydrogens is 372 g/mol. The maximum absolute atomic E-state index is 12.4. The highest BCUT2D eigenvalue weighted by molar-refractivity contribution is 5.92. The lowest BCUT2D eigenvalue weighted by Gasteiger charge is -2.28. The Morgan fingerprint density at radius 1 is 1.21 bits per heavy atom. The molecule has 4 atom stereocenters. The van der Waals surface area contributed by atoms with Crippen molar-refractivity contribution in [3.8, 4) is 11.5 Å². The molecule has 1 N–H and O–H groups in total. The van der Waals surface area contributed by atoms with Crippen LogP contribution < -0.4 is 14.8 Å². The Kier molecular flexibility index (Phi) is 6.36. The van der Waals surface area contributed by atoms with Gasteiger partial charge in [-0.1, -0.05) is 6.42 Å². The van der Waals surface area contributed by atoms with Crippen LogP contribution in [-0.2, 0) is 9.53 Å². The van der Waals surface area contributed by atoms with Gasteiger partial charge in [0, 0.05) is 6.04 Å². The largest absolute Gasteiger partial charge is 0.493 e. The Hall–Kier alpha value is -2.38. The second-order valence-electron chi connectivity index (χ2n) is 7.52. The molecular formula is C20H25F2NO5. The third-order valence-corrected chi connectivity index (χ3v) is 5.77. The molecule has 0 spiro atoms. The predicted octanol–water partition coefficient (Wildman–Crippen LogP) is 3.39. The number of carbonyl (C=O) groups excluding carboxylic acids is 2. The Morgan fingerprint density at radius 2 is 2.00 bits per heavy atom. The van der Waals surface area contributed by atoms with Crippen LogP contribution in [0.3, 0.4) is 0 Å². The van der Waals surface area contributed by atoms with Crippen molar-refractivity contribution in [3.63, 3.8) is 0 Å². The molecule has 6 nitrogen and oxygen atoms in total. The molecule has 1 aromatic rings. The van der Waals surface area contributed by atoms with Gasteiger partial charge in [0.25, 0.3) is 5.91 Å². The van der Waals surface area contributed by atoms with Crippen LogP contribution in [0.25, 0.3) is 0 Å². The number of rotatable bonds is 8. The third kappa shape index (κ3) is 4.72. The molecule has 8 heteroatoms. The van der Waals surface area contributed by atoms with Crippen LogP contribution >= 0.6 is 0 Å². The summed E-state index contributed by atoms with van der Waals surface area (Å²) < 4.78 is 39.0. The number of fused-ring (bicyclic) bond motifs is 2. The monoisotopic (exact) mass is 397 g/mol. The van der Waals surface area contributed by atoms with Crippen molar-refractivity contribution in [2.45, 2.75) is 45.3 Å². The Morgan fingerprint density at radius 3 is 2.61 bits per heavy atom. The SMILES string of the molecule is COc1cc(C(=O)OCC(=O)NC(C)C2CC3CCC2C3)ccc1OC(F)F. The Labute approximate surface area is 162 Å². The van der Waals surface area contributed by atoms with E-state index in [-0.39, 0.29) is 29.0 Å². The first-order chi connectivity index (χ1) is 13.4. The number of alkyl halides is 2. The molecule has 1 amide bonds. The minimum atomic E-state index is -3.01. The molecule has 4 unspecified atom stereocenters. The summed E-state index contributed by atoms with van der Waals surface area (Å²) in [6, 6.07) is 3.75. The Bertz CT molecular complexity index is 727. The van der Waals surface area contributed by atoms with Crippen LogP contribution in [0.5, 0.6) is 11.5 Å². The molecule has 28 heavy (non-hydrogen) atoms. The van der Waals surface area contributed by atoms with Gasteiger partial charge in [-0.05, 0) is 62.1 Å². The lowest BCUT2D eigenvalue weighted by atomic mass is 9.84. The molecule has 2 saturated carbocycles. The zero-order valence-electron chi connectivity index (χ0n) is 16.0. The fraction of sp³-hybridized carbons (Fsp3) is 0.600. The average molecular weight is 397 g/mol. The number of methoxy groups -OCH3 is 1. The van der Waals surface area contributed by atoms with E-state index in [1.54, 1.807) is 0 Å². The molecule has 0 radical (unpaired) electrons. The number of carbonyl (C=O) groups is 2. The van der Waals surface area contributed by atoms with Gasteiger partial charge in [-0.2, -0.15) is 8.78 Å². The molecule has 0 saturated heterocycles. The summed E-state index contributed by atoms with van der Waals surface area (Å²) in [4.78, 5) is 24.3. The highest BCUT2D eigenvalue weighted by Gasteiger charge is 2.42. The Balaban J connectivity index is 1.50. The van der Waals surface area contributed by atoms with Gasteiger partial charge in [0.15, 0.2) is 18.1 Å². The molecule has 0 aromatic heterocycles. The van der Waals surface area contributed by atoms with Gasteiger partial charge in [-0.25, -0.2) is 4.79 Å². The first-order valence-corrected chi connectivity index (χ1v) is 9.46. The van der Waals surface area contributed by atoms with Crippen molar-refractivity contribution in [3.05, 3.63) is 23.8 Å². The summed E-state index contributed by atoms with van der Waals surface area (Å²) in [7, 11) is 1.27. The average Bonchev–Trinajstić information content (AvgIpc) is 3.29. The van der Waals surface area contributed by atoms with Crippen LogP contribution in [0.2, 0.25) is 0 Å². The second kappa shape index (κ2) is 8.75. The standard InChI is InChI=1S/C20H25F2NO5/c1-11(15-8-12-3-4-13(15)7-12)23-18(24)10-27-19(25)14-5-6-16(28-20(21)22)17(9-14)26-2/h5-6,9,11-13,15,20H,3-4,7-8,10H2,1-2H3,(H,23,24). The number of amides is 1. The first-order valence-electron chi connectivity index (χ1n) is 9.46. The summed E-state index contributed by atoms with van der Waals surface area (Å²) in [6.07, 6.45) is 4.94. The van der Waals surface area contributed by atoms with E-state index in [9.17, 15) is 18.4 Å². The maximum Gasteiger partial charge on any atom is 0.387 e. The minimum Gasteiger partial charge on any atom is -0.493 e. The number of ether oxygens (including phenoxy) is 3. The minimum absolute atomic E-state index is 0.0240. The molecule has 0 aliphatic heterocycles. The number of benzene rings is 1. The summed E-state index contributed by atoms with van der Waals surface area (Å²) in [5.41, 5.74) is 0.0763. The van der Waals surface area contributed by atoms with E-state index in [1.165, 1.54) is 44.6 Å². The topological polar surface area (TPSA) is 73.9 Å². The lowest BCUT2D eigenvalue weighted by molar-refractivity contribution is -0.125. The van der Waals surface area contributed by atoms with Gasteiger partial charge in [0.2, 0.25) is 0 Å². The predicted molar refractivity (Wildman–Crippen MR) is 96.5 cm³/mol. The van der Waals surface area contributed by atoms with Crippen molar-refractivity contribution >= 4 is 11.9 Å². The summed E-state index contributed by atoms with van der Waals surface area (Å²) in [6.45, 7) is -1.41. The molecule has 154 valence electrons. The smallest absolute Gasteiger partial charge is 0.387 e. The number of esters is 1. The maximum atomic E-state index is 12.4. The van der Waals surface area contributed by atoms with E-state index >= 15 is 0 Å². The van der Waals surface area contributed by atoms with Crippen molar-refractivity contribution in [2.24, 2.45) is 17.8 Å². The molecule has 3 rings (SSSR count). The van der Waals surface area contributed by atoms with Crippen molar-refractivity contribution in [1.29, 1.82) is 0 Å². The summed E-state index contributed by atoms with van der Waals surface area (Å²) in [5, 5.41) is 2.92. The van der Waals surface area contributed by atoms with Crippen LogP contribution in [0.1, 0.15) is 43.0 Å². The summed E-state index contributed by atoms with van der Waals surface area (Å²) >= 11 is 0. The fourth-order valence-corrected chi connectivity index (χ4v) is 4.51. The van der Waals surface area contributed by atoms with Gasteiger partial charge in [0.05, 0.1) is 12.7 Å². The highest BCUT2D eigenvalue weighted by Crippen LogP contribution is 2.49. The lowest BCUT2D eigenvalue weighted by Crippen LogP contribution is -2.42. The van der Waals surface area contributed by atoms with E-state index in [1.807, 2.05) is 6.92 Å². The first kappa shape index (κ1) is 20.4. The van der Waals surface area contributed by atoms with Gasteiger partial charge in [-0.3, -0.25) is 4.79 Å².